The highest BCUT2D eigenvalue weighted by atomic mass is 79.9. The van der Waals surface area contributed by atoms with E-state index < -0.39 is 0 Å². The van der Waals surface area contributed by atoms with Gasteiger partial charge in [-0.05, 0) is 35.0 Å². The number of carbonyl (C=O) groups is 1. The molecule has 6 heteroatoms. The molecule has 0 aromatic carbocycles. The van der Waals surface area contributed by atoms with Gasteiger partial charge >= 0.3 is 0 Å². The van der Waals surface area contributed by atoms with E-state index in [1.807, 2.05) is 0 Å². The van der Waals surface area contributed by atoms with Gasteiger partial charge in [-0.2, -0.15) is 0 Å². The van der Waals surface area contributed by atoms with Crippen molar-refractivity contribution in [3.8, 4) is 0 Å². The standard InChI is InChI=1S/C10H8BrN3O2/c1-6-5-7(16-14-6)10(15)13-9-4-2-3-8(11)12-9/h2-5H,1H3,(H,12,13,15). The Kier molecular flexibility index (Phi) is 3.00. The van der Waals surface area contributed by atoms with Crippen molar-refractivity contribution in [2.24, 2.45) is 0 Å². The van der Waals surface area contributed by atoms with Crippen LogP contribution in [-0.4, -0.2) is 16.0 Å². The number of amides is 1. The number of hydrogen-bond donors (Lipinski definition) is 1. The number of hydrogen-bond acceptors (Lipinski definition) is 4. The van der Waals surface area contributed by atoms with Crippen LogP contribution in [0, 0.1) is 6.92 Å². The number of nitrogens with one attached hydrogen (secondary N) is 1. The Bertz CT molecular complexity index is 524. The minimum Gasteiger partial charge on any atom is -0.351 e. The van der Waals surface area contributed by atoms with Crippen LogP contribution in [0.4, 0.5) is 5.82 Å². The number of aryl methyl sites for hydroxylation is 1. The Hall–Kier alpha value is -1.69. The maximum absolute atomic E-state index is 11.6. The maximum atomic E-state index is 11.6. The van der Waals surface area contributed by atoms with Gasteiger partial charge in [-0.15, -0.1) is 0 Å². The first-order chi connectivity index (χ1) is 7.65. The average molecular weight is 282 g/mol. The van der Waals surface area contributed by atoms with Crippen LogP contribution in [0.25, 0.3) is 0 Å². The van der Waals surface area contributed by atoms with Gasteiger partial charge in [0.25, 0.3) is 5.91 Å². The summed E-state index contributed by atoms with van der Waals surface area (Å²) in [4.78, 5) is 15.7. The van der Waals surface area contributed by atoms with Crippen molar-refractivity contribution in [1.82, 2.24) is 10.1 Å². The lowest BCUT2D eigenvalue weighted by Gasteiger charge is -2.01. The molecule has 2 heterocycles. The molecule has 2 aromatic heterocycles. The predicted octanol–water partition coefficient (Wildman–Crippen LogP) is 2.39. The van der Waals surface area contributed by atoms with E-state index in [9.17, 15) is 4.79 Å². The fourth-order valence-corrected chi connectivity index (χ4v) is 1.47. The molecule has 0 radical (unpaired) electrons. The first-order valence-electron chi connectivity index (χ1n) is 4.52. The van der Waals surface area contributed by atoms with E-state index in [1.165, 1.54) is 0 Å². The third kappa shape index (κ3) is 2.46. The van der Waals surface area contributed by atoms with Crippen molar-refractivity contribution in [1.29, 1.82) is 0 Å². The van der Waals surface area contributed by atoms with Gasteiger partial charge < -0.3 is 9.84 Å². The molecule has 0 unspecified atom stereocenters. The van der Waals surface area contributed by atoms with Gasteiger partial charge in [0.2, 0.25) is 5.76 Å². The third-order valence-electron chi connectivity index (χ3n) is 1.81. The maximum Gasteiger partial charge on any atom is 0.295 e. The lowest BCUT2D eigenvalue weighted by Crippen LogP contribution is -2.11. The highest BCUT2D eigenvalue weighted by Gasteiger charge is 2.12. The second-order valence-electron chi connectivity index (χ2n) is 3.13. The summed E-state index contributed by atoms with van der Waals surface area (Å²) in [5, 5.41) is 6.23. The number of anilines is 1. The molecule has 2 aromatic rings. The monoisotopic (exact) mass is 281 g/mol. The SMILES string of the molecule is Cc1cc(C(=O)Nc2cccc(Br)n2)on1. The molecule has 0 bridgehead atoms. The van der Waals surface area contributed by atoms with Crippen molar-refractivity contribution >= 4 is 27.7 Å². The lowest BCUT2D eigenvalue weighted by atomic mass is 10.3. The first kappa shape index (κ1) is 10.8. The van der Waals surface area contributed by atoms with Crippen molar-refractivity contribution < 1.29 is 9.32 Å². The number of rotatable bonds is 2. The number of nitrogens with zero attached hydrogens (tertiary/aromatic N) is 2. The van der Waals surface area contributed by atoms with Crippen LogP contribution in [0.1, 0.15) is 16.2 Å². The molecular weight excluding hydrogens is 274 g/mol. The molecule has 0 aliphatic rings. The molecule has 1 amide bonds. The molecule has 0 atom stereocenters. The molecule has 1 N–H and O–H groups in total. The van der Waals surface area contributed by atoms with E-state index in [4.69, 9.17) is 4.52 Å². The van der Waals surface area contributed by atoms with E-state index in [-0.39, 0.29) is 11.7 Å². The number of carbonyl (C=O) groups excluding carboxylic acids is 1. The fraction of sp³-hybridized carbons (Fsp3) is 0.100. The molecule has 0 spiro atoms. The Morgan fingerprint density at radius 2 is 2.31 bits per heavy atom. The summed E-state index contributed by atoms with van der Waals surface area (Å²) in [6, 6.07) is 6.80. The van der Waals surface area contributed by atoms with Gasteiger partial charge in [0.05, 0.1) is 5.69 Å². The topological polar surface area (TPSA) is 68.0 Å². The Balaban J connectivity index is 2.13. The summed E-state index contributed by atoms with van der Waals surface area (Å²) >= 11 is 3.21. The van der Waals surface area contributed by atoms with Gasteiger partial charge in [-0.1, -0.05) is 11.2 Å². The highest BCUT2D eigenvalue weighted by molar-refractivity contribution is 9.10. The summed E-state index contributed by atoms with van der Waals surface area (Å²) in [5.41, 5.74) is 0.660. The number of aromatic nitrogens is 2. The summed E-state index contributed by atoms with van der Waals surface area (Å²) in [6.45, 7) is 1.75. The largest absolute Gasteiger partial charge is 0.351 e. The fourth-order valence-electron chi connectivity index (χ4n) is 1.13. The summed E-state index contributed by atoms with van der Waals surface area (Å²) in [5.74, 6) is 0.249. The Morgan fingerprint density at radius 1 is 1.50 bits per heavy atom. The molecule has 5 nitrogen and oxygen atoms in total. The van der Waals surface area contributed by atoms with Crippen molar-refractivity contribution in [2.45, 2.75) is 6.92 Å². The normalized spacial score (nSPS) is 10.1. The minimum absolute atomic E-state index is 0.166. The summed E-state index contributed by atoms with van der Waals surface area (Å²) < 4.78 is 5.48. The molecule has 0 saturated carbocycles. The van der Waals surface area contributed by atoms with Crippen LogP contribution in [-0.2, 0) is 0 Å². The molecule has 2 rings (SSSR count). The zero-order chi connectivity index (χ0) is 11.5. The van der Waals surface area contributed by atoms with Crippen LogP contribution >= 0.6 is 15.9 Å². The van der Waals surface area contributed by atoms with Crippen LogP contribution in [0.2, 0.25) is 0 Å². The van der Waals surface area contributed by atoms with Gasteiger partial charge in [-0.25, -0.2) is 4.98 Å². The summed E-state index contributed by atoms with van der Waals surface area (Å²) in [6.07, 6.45) is 0. The van der Waals surface area contributed by atoms with Crippen LogP contribution < -0.4 is 5.32 Å². The first-order valence-corrected chi connectivity index (χ1v) is 5.31. The van der Waals surface area contributed by atoms with E-state index in [0.29, 0.717) is 16.1 Å². The second kappa shape index (κ2) is 4.44. The van der Waals surface area contributed by atoms with Gasteiger partial charge in [0.15, 0.2) is 0 Å². The Morgan fingerprint density at radius 3 is 2.94 bits per heavy atom. The van der Waals surface area contributed by atoms with E-state index in [2.05, 4.69) is 31.4 Å². The Labute approximate surface area is 100.0 Å². The molecule has 16 heavy (non-hydrogen) atoms. The smallest absolute Gasteiger partial charge is 0.295 e. The summed E-state index contributed by atoms with van der Waals surface area (Å²) in [7, 11) is 0. The van der Waals surface area contributed by atoms with Gasteiger partial charge in [0, 0.05) is 6.07 Å². The zero-order valence-electron chi connectivity index (χ0n) is 8.40. The van der Waals surface area contributed by atoms with Crippen molar-refractivity contribution in [3.05, 3.63) is 40.3 Å². The van der Waals surface area contributed by atoms with Crippen LogP contribution in [0.15, 0.2) is 33.4 Å². The molecular formula is C10H8BrN3O2. The van der Waals surface area contributed by atoms with E-state index in [1.54, 1.807) is 31.2 Å². The van der Waals surface area contributed by atoms with Crippen molar-refractivity contribution in [3.63, 3.8) is 0 Å². The minimum atomic E-state index is -0.369. The van der Waals surface area contributed by atoms with Crippen LogP contribution in [0.5, 0.6) is 0 Å². The molecule has 0 fully saturated rings. The average Bonchev–Trinajstić information content (AvgIpc) is 2.65. The molecule has 0 saturated heterocycles. The highest BCUT2D eigenvalue weighted by Crippen LogP contribution is 2.11. The zero-order valence-corrected chi connectivity index (χ0v) is 9.98. The number of pyridine rings is 1. The quantitative estimate of drug-likeness (QED) is 0.859. The molecule has 0 aliphatic carbocycles. The molecule has 82 valence electrons. The molecule has 0 aliphatic heterocycles. The van der Waals surface area contributed by atoms with E-state index >= 15 is 0 Å². The van der Waals surface area contributed by atoms with Crippen LogP contribution in [0.3, 0.4) is 0 Å². The van der Waals surface area contributed by atoms with Gasteiger partial charge in [-0.3, -0.25) is 4.79 Å². The third-order valence-corrected chi connectivity index (χ3v) is 2.25. The predicted molar refractivity (Wildman–Crippen MR) is 61.1 cm³/mol. The second-order valence-corrected chi connectivity index (χ2v) is 3.94. The van der Waals surface area contributed by atoms with E-state index in [0.717, 1.165) is 0 Å². The van der Waals surface area contributed by atoms with Crippen molar-refractivity contribution in [2.75, 3.05) is 5.32 Å². The lowest BCUT2D eigenvalue weighted by molar-refractivity contribution is 0.0987. The van der Waals surface area contributed by atoms with Gasteiger partial charge in [0.1, 0.15) is 10.4 Å². The number of halogens is 1.